The van der Waals surface area contributed by atoms with Crippen LogP contribution in [0.5, 0.6) is 0 Å². The largest absolute Gasteiger partial charge is 0.368 e. The molecule has 2 unspecified atom stereocenters. The Balaban J connectivity index is 2.29. The van der Waals surface area contributed by atoms with Crippen LogP contribution in [0.2, 0.25) is 0 Å². The fourth-order valence-corrected chi connectivity index (χ4v) is 0.966. The second-order valence-electron chi connectivity index (χ2n) is 2.42. The van der Waals surface area contributed by atoms with Crippen LogP contribution in [0.25, 0.3) is 0 Å². The van der Waals surface area contributed by atoms with Crippen LogP contribution in [0, 0.1) is 0 Å². The molecule has 1 heterocycles. The number of ether oxygens (including phenoxy) is 1. The summed E-state index contributed by atoms with van der Waals surface area (Å²) in [6, 6.07) is 0.181. The first-order valence-corrected chi connectivity index (χ1v) is 3.23. The van der Waals surface area contributed by atoms with Crippen molar-refractivity contribution in [2.75, 3.05) is 13.7 Å². The Kier molecular flexibility index (Phi) is 2.58. The molecule has 5 nitrogen and oxygen atoms in total. The van der Waals surface area contributed by atoms with Crippen molar-refractivity contribution in [1.82, 2.24) is 10.5 Å². The van der Waals surface area contributed by atoms with Crippen LogP contribution < -0.4 is 11.4 Å². The summed E-state index contributed by atoms with van der Waals surface area (Å²) >= 11 is 0. The van der Waals surface area contributed by atoms with E-state index >= 15 is 0 Å². The van der Waals surface area contributed by atoms with E-state index in [0.29, 0.717) is 13.0 Å². The number of aliphatic hydroxyl groups excluding tert-OH is 1. The first-order chi connectivity index (χ1) is 4.74. The molecule has 1 rings (SSSR count). The van der Waals surface area contributed by atoms with Gasteiger partial charge in [0.1, 0.15) is 0 Å². The van der Waals surface area contributed by atoms with E-state index in [4.69, 9.17) is 15.7 Å². The van der Waals surface area contributed by atoms with Crippen LogP contribution in [0.3, 0.4) is 0 Å². The van der Waals surface area contributed by atoms with Gasteiger partial charge in [0.25, 0.3) is 0 Å². The Morgan fingerprint density at radius 1 is 1.80 bits per heavy atom. The maximum absolute atomic E-state index is 8.93. The maximum Gasteiger partial charge on any atom is 0.156 e. The van der Waals surface area contributed by atoms with Crippen LogP contribution >= 0.6 is 0 Å². The molecule has 10 heavy (non-hydrogen) atoms. The van der Waals surface area contributed by atoms with Crippen LogP contribution in [-0.2, 0) is 4.74 Å². The highest BCUT2D eigenvalue weighted by molar-refractivity contribution is 4.71. The molecule has 5 heteroatoms. The number of nitrogens with zero attached hydrogens (tertiary/aromatic N) is 1. The lowest BCUT2D eigenvalue weighted by Crippen LogP contribution is -2.46. The van der Waals surface area contributed by atoms with Gasteiger partial charge in [-0.05, 0) is 0 Å². The average molecular weight is 147 g/mol. The van der Waals surface area contributed by atoms with Crippen molar-refractivity contribution < 1.29 is 9.84 Å². The highest BCUT2D eigenvalue weighted by atomic mass is 16.6. The zero-order valence-electron chi connectivity index (χ0n) is 5.95. The molecule has 1 aliphatic heterocycles. The predicted molar refractivity (Wildman–Crippen MR) is 35.4 cm³/mol. The summed E-state index contributed by atoms with van der Waals surface area (Å²) in [4.78, 5) is 0. The van der Waals surface area contributed by atoms with Gasteiger partial charge < -0.3 is 9.84 Å². The third-order valence-electron chi connectivity index (χ3n) is 1.71. The van der Waals surface area contributed by atoms with E-state index in [9.17, 15) is 0 Å². The molecular weight excluding hydrogens is 134 g/mol. The van der Waals surface area contributed by atoms with E-state index in [1.54, 1.807) is 5.01 Å². The van der Waals surface area contributed by atoms with E-state index in [-0.39, 0.29) is 6.04 Å². The number of aliphatic hydroxyl groups is 1. The summed E-state index contributed by atoms with van der Waals surface area (Å²) in [7, 11) is 1.81. The highest BCUT2D eigenvalue weighted by Gasteiger charge is 2.26. The fourth-order valence-electron chi connectivity index (χ4n) is 0.966. The molecule has 2 atom stereocenters. The summed E-state index contributed by atoms with van der Waals surface area (Å²) < 4.78 is 4.91. The molecule has 0 spiro atoms. The number of hydrazine groups is 2. The van der Waals surface area contributed by atoms with Gasteiger partial charge >= 0.3 is 0 Å². The van der Waals surface area contributed by atoms with Crippen molar-refractivity contribution in [2.45, 2.75) is 18.8 Å². The van der Waals surface area contributed by atoms with Crippen LogP contribution in [0.1, 0.15) is 6.42 Å². The van der Waals surface area contributed by atoms with Crippen LogP contribution in [0.15, 0.2) is 0 Å². The van der Waals surface area contributed by atoms with E-state index in [2.05, 4.69) is 5.53 Å². The van der Waals surface area contributed by atoms with Gasteiger partial charge in [-0.2, -0.15) is 5.53 Å². The molecule has 0 radical (unpaired) electrons. The molecule has 60 valence electrons. The number of rotatable bonds is 2. The third kappa shape index (κ3) is 1.65. The zero-order chi connectivity index (χ0) is 7.56. The summed E-state index contributed by atoms with van der Waals surface area (Å²) in [6.07, 6.45) is -0.0125. The Morgan fingerprint density at radius 2 is 2.50 bits per heavy atom. The molecule has 0 aromatic heterocycles. The van der Waals surface area contributed by atoms with Crippen molar-refractivity contribution in [3.05, 3.63) is 0 Å². The van der Waals surface area contributed by atoms with Crippen molar-refractivity contribution >= 4 is 0 Å². The van der Waals surface area contributed by atoms with E-state index < -0.39 is 6.29 Å². The van der Waals surface area contributed by atoms with Crippen LogP contribution in [0.4, 0.5) is 0 Å². The third-order valence-corrected chi connectivity index (χ3v) is 1.71. The highest BCUT2D eigenvalue weighted by Crippen LogP contribution is 2.13. The van der Waals surface area contributed by atoms with Gasteiger partial charge in [-0.15, -0.1) is 0 Å². The van der Waals surface area contributed by atoms with E-state index in [0.717, 1.165) is 0 Å². The van der Waals surface area contributed by atoms with Gasteiger partial charge in [-0.1, -0.05) is 0 Å². The monoisotopic (exact) mass is 147 g/mol. The minimum absolute atomic E-state index is 0.181. The molecular formula is C5H13N3O2. The summed E-state index contributed by atoms with van der Waals surface area (Å²) in [6.45, 7) is 0.530. The maximum atomic E-state index is 8.93. The summed E-state index contributed by atoms with van der Waals surface area (Å²) in [5, 5.41) is 10.6. The van der Waals surface area contributed by atoms with Gasteiger partial charge in [0, 0.05) is 13.5 Å². The number of likely N-dealkylation sites (N-methyl/N-ethyl adjacent to an activating group) is 1. The minimum atomic E-state index is -0.624. The summed E-state index contributed by atoms with van der Waals surface area (Å²) in [5.74, 6) is 5.14. The predicted octanol–water partition coefficient (Wildman–Crippen LogP) is -1.60. The lowest BCUT2D eigenvalue weighted by molar-refractivity contribution is -0.0593. The molecule has 0 aromatic rings. The lowest BCUT2D eigenvalue weighted by atomic mass is 10.2. The second kappa shape index (κ2) is 3.27. The lowest BCUT2D eigenvalue weighted by Gasteiger charge is -2.20. The van der Waals surface area contributed by atoms with Crippen molar-refractivity contribution in [3.8, 4) is 0 Å². The fraction of sp³-hybridized carbons (Fsp3) is 1.00. The molecule has 1 aliphatic rings. The molecule has 0 aromatic carbocycles. The first kappa shape index (κ1) is 7.90. The van der Waals surface area contributed by atoms with Gasteiger partial charge in [0.15, 0.2) is 6.29 Å². The quantitative estimate of drug-likeness (QED) is 0.324. The van der Waals surface area contributed by atoms with Crippen molar-refractivity contribution in [1.29, 1.82) is 0 Å². The standard InChI is InChI=1S/C5H13N3O2/c1-8(7-6)4-2-5(9)10-3-4/h4-5,7,9H,2-3,6H2,1H3. The number of hydrogen-bond acceptors (Lipinski definition) is 5. The minimum Gasteiger partial charge on any atom is -0.368 e. The summed E-state index contributed by atoms with van der Waals surface area (Å²) in [5.41, 5.74) is 2.47. The van der Waals surface area contributed by atoms with Crippen LogP contribution in [-0.4, -0.2) is 36.1 Å². The molecule has 1 fully saturated rings. The van der Waals surface area contributed by atoms with E-state index in [1.807, 2.05) is 7.05 Å². The van der Waals surface area contributed by atoms with Gasteiger partial charge in [-0.25, -0.2) is 5.01 Å². The number of hydrogen-bond donors (Lipinski definition) is 3. The Bertz CT molecular complexity index is 111. The Hall–Kier alpha value is -0.200. The van der Waals surface area contributed by atoms with Gasteiger partial charge in [0.2, 0.25) is 0 Å². The average Bonchev–Trinajstić information content (AvgIpc) is 2.34. The van der Waals surface area contributed by atoms with E-state index in [1.165, 1.54) is 0 Å². The van der Waals surface area contributed by atoms with Crippen molar-refractivity contribution in [3.63, 3.8) is 0 Å². The zero-order valence-corrected chi connectivity index (χ0v) is 5.95. The second-order valence-corrected chi connectivity index (χ2v) is 2.42. The molecule has 0 saturated carbocycles. The molecule has 0 bridgehead atoms. The number of nitrogens with two attached hydrogens (primary N) is 1. The molecule has 4 N–H and O–H groups in total. The normalized spacial score (nSPS) is 33.6. The Labute approximate surface area is 59.7 Å². The molecule has 0 amide bonds. The van der Waals surface area contributed by atoms with Gasteiger partial charge in [0.05, 0.1) is 12.6 Å². The Morgan fingerprint density at radius 3 is 2.90 bits per heavy atom. The number of nitrogens with one attached hydrogen (secondary N) is 1. The molecule has 0 aliphatic carbocycles. The van der Waals surface area contributed by atoms with Crippen molar-refractivity contribution in [2.24, 2.45) is 5.84 Å². The topological polar surface area (TPSA) is 70.8 Å². The molecule has 1 saturated heterocycles. The SMILES string of the molecule is CN(NN)C1COC(O)C1. The first-order valence-electron chi connectivity index (χ1n) is 3.23. The van der Waals surface area contributed by atoms with Gasteiger partial charge in [-0.3, -0.25) is 5.84 Å². The smallest absolute Gasteiger partial charge is 0.156 e.